The first-order chi connectivity index (χ1) is 16.4. The Morgan fingerprint density at radius 2 is 1.86 bits per heavy atom. The molecule has 0 N–H and O–H groups in total. The van der Waals surface area contributed by atoms with E-state index in [4.69, 9.17) is 0 Å². The lowest BCUT2D eigenvalue weighted by atomic mass is 9.89. The summed E-state index contributed by atoms with van der Waals surface area (Å²) in [7, 11) is 1.78. The van der Waals surface area contributed by atoms with Gasteiger partial charge in [0.15, 0.2) is 11.2 Å². The standard InChI is InChI=1S/C25H27F4N5O.ClH/c1-15-18(6-5-7-20(15)25(27,28)29)16(2)32-23-19-12-22(30-13-21(19)33(4)14-31-23)24(26)8-10-34(11-9-24)17(3)35;/h5-7,12-14,16H,8-11H2,1-4H3;1H. The number of amides is 1. The Balaban J connectivity index is 0.00000361. The molecule has 1 amide bonds. The number of pyridine rings is 1. The van der Waals surface area contributed by atoms with Gasteiger partial charge in [-0.15, -0.1) is 12.4 Å². The number of piperidine rings is 1. The normalized spacial score (nSPS) is 17.1. The summed E-state index contributed by atoms with van der Waals surface area (Å²) in [5, 5.41) is 0.558. The molecule has 1 atom stereocenters. The Morgan fingerprint density at radius 3 is 2.47 bits per heavy atom. The zero-order chi connectivity index (χ0) is 25.5. The van der Waals surface area contributed by atoms with E-state index in [9.17, 15) is 18.0 Å². The minimum absolute atomic E-state index is 0. The van der Waals surface area contributed by atoms with Crippen molar-refractivity contribution in [3.05, 3.63) is 64.7 Å². The van der Waals surface area contributed by atoms with Crippen molar-refractivity contribution in [2.45, 2.75) is 51.5 Å². The molecule has 1 fully saturated rings. The average molecular weight is 526 g/mol. The van der Waals surface area contributed by atoms with Crippen LogP contribution in [0.5, 0.6) is 0 Å². The predicted molar refractivity (Wildman–Crippen MR) is 130 cm³/mol. The van der Waals surface area contributed by atoms with Crippen molar-refractivity contribution in [1.29, 1.82) is 0 Å². The topological polar surface area (TPSA) is 63.4 Å². The SMILES string of the molecule is CC(=O)N1CCC(F)(c2cc3c(=NC(C)c4cccc(C(F)(F)F)c4C)ncn(C)c3cn2)CC1.Cl. The van der Waals surface area contributed by atoms with Crippen LogP contribution in [-0.2, 0) is 23.7 Å². The van der Waals surface area contributed by atoms with E-state index in [1.165, 1.54) is 19.9 Å². The molecule has 1 aliphatic heterocycles. The molecule has 1 aliphatic rings. The second-order valence-corrected chi connectivity index (χ2v) is 9.06. The van der Waals surface area contributed by atoms with Crippen molar-refractivity contribution in [3.63, 3.8) is 0 Å². The van der Waals surface area contributed by atoms with Crippen LogP contribution in [0.4, 0.5) is 17.6 Å². The molecule has 3 aromatic rings. The van der Waals surface area contributed by atoms with E-state index < -0.39 is 23.5 Å². The summed E-state index contributed by atoms with van der Waals surface area (Å²) in [6.45, 7) is 5.21. The van der Waals surface area contributed by atoms with E-state index >= 15 is 4.39 Å². The molecule has 11 heteroatoms. The molecular weight excluding hydrogens is 498 g/mol. The van der Waals surface area contributed by atoms with Crippen molar-refractivity contribution in [2.75, 3.05) is 13.1 Å². The van der Waals surface area contributed by atoms with Gasteiger partial charge in [0, 0.05) is 45.3 Å². The number of benzene rings is 1. The lowest BCUT2D eigenvalue weighted by Gasteiger charge is -2.35. The fourth-order valence-corrected chi connectivity index (χ4v) is 4.63. The van der Waals surface area contributed by atoms with Crippen LogP contribution in [0, 0.1) is 6.92 Å². The number of aryl methyl sites for hydroxylation is 1. The van der Waals surface area contributed by atoms with E-state index in [0.29, 0.717) is 35.0 Å². The monoisotopic (exact) mass is 525 g/mol. The number of aromatic nitrogens is 3. The van der Waals surface area contributed by atoms with Gasteiger partial charge in [0.2, 0.25) is 5.91 Å². The van der Waals surface area contributed by atoms with Crippen molar-refractivity contribution >= 4 is 29.2 Å². The van der Waals surface area contributed by atoms with Gasteiger partial charge >= 0.3 is 6.18 Å². The molecule has 2 aromatic heterocycles. The fourth-order valence-electron chi connectivity index (χ4n) is 4.63. The molecule has 1 unspecified atom stereocenters. The van der Waals surface area contributed by atoms with Crippen LogP contribution >= 0.6 is 12.4 Å². The first kappa shape index (κ1) is 27.6. The number of likely N-dealkylation sites (tertiary alicyclic amines) is 1. The Bertz CT molecular complexity index is 1350. The highest BCUT2D eigenvalue weighted by Gasteiger charge is 2.38. The maximum absolute atomic E-state index is 15.9. The zero-order valence-corrected chi connectivity index (χ0v) is 21.3. The average Bonchev–Trinajstić information content (AvgIpc) is 2.80. The van der Waals surface area contributed by atoms with Crippen LogP contribution in [0.25, 0.3) is 10.9 Å². The Kier molecular flexibility index (Phi) is 7.78. The summed E-state index contributed by atoms with van der Waals surface area (Å²) in [5.41, 5.74) is -0.636. The van der Waals surface area contributed by atoms with Gasteiger partial charge in [-0.25, -0.2) is 9.37 Å². The second kappa shape index (κ2) is 10.2. The molecule has 1 saturated heterocycles. The highest BCUT2D eigenvalue weighted by molar-refractivity contribution is 5.85. The molecule has 0 bridgehead atoms. The summed E-state index contributed by atoms with van der Waals surface area (Å²) in [6, 6.07) is 5.05. The van der Waals surface area contributed by atoms with Gasteiger partial charge in [-0.05, 0) is 37.1 Å². The quantitative estimate of drug-likeness (QED) is 0.442. The zero-order valence-electron chi connectivity index (χ0n) is 20.4. The number of carbonyl (C=O) groups excluding carboxylic acids is 1. The van der Waals surface area contributed by atoms with E-state index in [0.717, 1.165) is 6.07 Å². The summed E-state index contributed by atoms with van der Waals surface area (Å²) >= 11 is 0. The van der Waals surface area contributed by atoms with Crippen LogP contribution in [0.3, 0.4) is 0 Å². The molecule has 36 heavy (non-hydrogen) atoms. The molecule has 194 valence electrons. The Labute approximate surface area is 212 Å². The van der Waals surface area contributed by atoms with Gasteiger partial charge in [-0.3, -0.25) is 14.8 Å². The lowest BCUT2D eigenvalue weighted by Crippen LogP contribution is -2.42. The number of carbonyl (C=O) groups is 1. The van der Waals surface area contributed by atoms with Crippen LogP contribution in [-0.4, -0.2) is 38.4 Å². The van der Waals surface area contributed by atoms with Crippen LogP contribution in [0.1, 0.15) is 55.1 Å². The van der Waals surface area contributed by atoms with Crippen LogP contribution in [0.2, 0.25) is 0 Å². The number of nitrogens with zero attached hydrogens (tertiary/aromatic N) is 5. The smallest absolute Gasteiger partial charge is 0.343 e. The third-order valence-electron chi connectivity index (χ3n) is 6.76. The first-order valence-electron chi connectivity index (χ1n) is 11.4. The van der Waals surface area contributed by atoms with Gasteiger partial charge in [0.25, 0.3) is 0 Å². The molecule has 6 nitrogen and oxygen atoms in total. The molecule has 1 aromatic carbocycles. The number of fused-ring (bicyclic) bond motifs is 1. The largest absolute Gasteiger partial charge is 0.416 e. The molecule has 3 heterocycles. The third-order valence-corrected chi connectivity index (χ3v) is 6.76. The minimum Gasteiger partial charge on any atom is -0.343 e. The van der Waals surface area contributed by atoms with Crippen molar-refractivity contribution in [3.8, 4) is 0 Å². The Morgan fingerprint density at radius 1 is 1.19 bits per heavy atom. The molecule has 0 radical (unpaired) electrons. The van der Waals surface area contributed by atoms with Gasteiger partial charge in [-0.1, -0.05) is 12.1 Å². The van der Waals surface area contributed by atoms with Crippen LogP contribution in [0.15, 0.2) is 41.8 Å². The summed E-state index contributed by atoms with van der Waals surface area (Å²) in [4.78, 5) is 26.6. The van der Waals surface area contributed by atoms with E-state index in [2.05, 4.69) is 15.0 Å². The number of alkyl halides is 4. The van der Waals surface area contributed by atoms with Gasteiger partial charge in [0.05, 0.1) is 35.3 Å². The maximum atomic E-state index is 15.9. The second-order valence-electron chi connectivity index (χ2n) is 9.06. The highest BCUT2D eigenvalue weighted by atomic mass is 35.5. The highest BCUT2D eigenvalue weighted by Crippen LogP contribution is 2.37. The van der Waals surface area contributed by atoms with Gasteiger partial charge < -0.3 is 9.47 Å². The van der Waals surface area contributed by atoms with Gasteiger partial charge in [0.1, 0.15) is 0 Å². The number of rotatable bonds is 3. The van der Waals surface area contributed by atoms with Crippen molar-refractivity contribution in [2.24, 2.45) is 12.0 Å². The van der Waals surface area contributed by atoms with Crippen molar-refractivity contribution in [1.82, 2.24) is 19.4 Å². The maximum Gasteiger partial charge on any atom is 0.416 e. The Hall–Kier alpha value is -3.01. The van der Waals surface area contributed by atoms with E-state index in [1.54, 1.807) is 48.1 Å². The molecule has 4 rings (SSSR count). The van der Waals surface area contributed by atoms with Crippen molar-refractivity contribution < 1.29 is 22.4 Å². The van der Waals surface area contributed by atoms with E-state index in [1.807, 2.05) is 0 Å². The number of halogens is 5. The summed E-state index contributed by atoms with van der Waals surface area (Å²) < 4.78 is 57.8. The number of hydrogen-bond acceptors (Lipinski definition) is 4. The minimum atomic E-state index is -4.46. The first-order valence-corrected chi connectivity index (χ1v) is 11.4. The molecular formula is C25H28ClF4N5O. The predicted octanol–water partition coefficient (Wildman–Crippen LogP) is 5.19. The fraction of sp³-hybridized carbons (Fsp3) is 0.440. The van der Waals surface area contributed by atoms with Crippen LogP contribution < -0.4 is 5.49 Å². The molecule has 0 aliphatic carbocycles. The van der Waals surface area contributed by atoms with E-state index in [-0.39, 0.29) is 42.4 Å². The molecule has 0 spiro atoms. The lowest BCUT2D eigenvalue weighted by molar-refractivity contribution is -0.138. The third kappa shape index (κ3) is 5.23. The summed E-state index contributed by atoms with van der Waals surface area (Å²) in [6.07, 6.45) is -1.10. The number of hydrogen-bond donors (Lipinski definition) is 0. The van der Waals surface area contributed by atoms with Gasteiger partial charge in [-0.2, -0.15) is 13.2 Å². The summed E-state index contributed by atoms with van der Waals surface area (Å²) in [5.74, 6) is -0.0882. The molecule has 0 saturated carbocycles.